The number of nitrogens with zero attached hydrogens (tertiary/aromatic N) is 5. The van der Waals surface area contributed by atoms with E-state index in [0.29, 0.717) is 18.8 Å². The lowest BCUT2D eigenvalue weighted by Crippen LogP contribution is -2.49. The summed E-state index contributed by atoms with van der Waals surface area (Å²) in [6, 6.07) is 2.74. The van der Waals surface area contributed by atoms with Crippen LogP contribution in [0.5, 0.6) is 5.75 Å². The van der Waals surface area contributed by atoms with Crippen molar-refractivity contribution in [2.45, 2.75) is 12.8 Å². The number of rotatable bonds is 6. The van der Waals surface area contributed by atoms with Crippen molar-refractivity contribution >= 4 is 34.3 Å². The van der Waals surface area contributed by atoms with Crippen molar-refractivity contribution in [3.05, 3.63) is 51.3 Å². The van der Waals surface area contributed by atoms with Crippen LogP contribution in [0.2, 0.25) is 0 Å². The first-order valence-corrected chi connectivity index (χ1v) is 10.2. The highest BCUT2D eigenvalue weighted by atomic mass is 19.2. The summed E-state index contributed by atoms with van der Waals surface area (Å²) in [5.74, 6) is -15.1. The molecule has 1 amide bonds. The Bertz CT molecular complexity index is 1350. The zero-order valence-corrected chi connectivity index (χ0v) is 18.0. The van der Waals surface area contributed by atoms with Gasteiger partial charge in [0.2, 0.25) is 46.3 Å². The molecule has 0 aliphatic carbocycles. The standard InChI is InChI=1S/C20H14F5N5O6/c21-13-14(22)16(24)20(17(25)15(13)23)35-12(32)4-3-11(31)29-7-5-28(6-8-29)9-1-2-10(30(33)34)19-18(9)26-36-27-19/h1-2H,3-8H2. The van der Waals surface area contributed by atoms with E-state index in [-0.39, 0.29) is 29.8 Å². The second-order valence-electron chi connectivity index (χ2n) is 7.56. The summed E-state index contributed by atoms with van der Waals surface area (Å²) in [7, 11) is 0. The summed E-state index contributed by atoms with van der Waals surface area (Å²) >= 11 is 0. The number of benzene rings is 2. The number of hydrogen-bond donors (Lipinski definition) is 0. The first-order valence-electron chi connectivity index (χ1n) is 10.2. The molecule has 1 aliphatic rings. The Morgan fingerprint density at radius 3 is 2.11 bits per heavy atom. The molecule has 2 aromatic carbocycles. The van der Waals surface area contributed by atoms with Crippen molar-refractivity contribution in [1.82, 2.24) is 15.2 Å². The van der Waals surface area contributed by atoms with Crippen LogP contribution in [0.1, 0.15) is 12.8 Å². The topological polar surface area (TPSA) is 132 Å². The lowest BCUT2D eigenvalue weighted by molar-refractivity contribution is -0.383. The van der Waals surface area contributed by atoms with Crippen LogP contribution in [-0.2, 0) is 9.59 Å². The predicted molar refractivity (Wildman–Crippen MR) is 108 cm³/mol. The molecule has 11 nitrogen and oxygen atoms in total. The van der Waals surface area contributed by atoms with E-state index >= 15 is 0 Å². The van der Waals surface area contributed by atoms with Gasteiger partial charge in [-0.15, -0.1) is 0 Å². The number of nitro groups is 1. The quantitative estimate of drug-likeness (QED) is 0.0925. The van der Waals surface area contributed by atoms with Gasteiger partial charge in [-0.25, -0.2) is 17.8 Å². The Morgan fingerprint density at radius 2 is 1.50 bits per heavy atom. The maximum Gasteiger partial charge on any atom is 0.311 e. The largest absolute Gasteiger partial charge is 0.420 e. The van der Waals surface area contributed by atoms with E-state index < -0.39 is 64.5 Å². The van der Waals surface area contributed by atoms with Crippen LogP contribution in [0.25, 0.3) is 11.0 Å². The average Bonchev–Trinajstić information content (AvgIpc) is 3.37. The maximum atomic E-state index is 13.6. The highest BCUT2D eigenvalue weighted by Gasteiger charge is 2.30. The number of amides is 1. The lowest BCUT2D eigenvalue weighted by atomic mass is 10.2. The van der Waals surface area contributed by atoms with Crippen LogP contribution in [0.3, 0.4) is 0 Å². The Balaban J connectivity index is 1.34. The van der Waals surface area contributed by atoms with Gasteiger partial charge in [-0.2, -0.15) is 8.78 Å². The molecule has 0 radical (unpaired) electrons. The minimum absolute atomic E-state index is 0.0247. The Hall–Kier alpha value is -4.37. The van der Waals surface area contributed by atoms with Gasteiger partial charge >= 0.3 is 11.7 Å². The summed E-state index contributed by atoms with van der Waals surface area (Å²) in [5, 5.41) is 18.4. The highest BCUT2D eigenvalue weighted by Crippen LogP contribution is 2.32. The molecule has 190 valence electrons. The number of non-ortho nitro benzene ring substituents is 1. The lowest BCUT2D eigenvalue weighted by Gasteiger charge is -2.36. The summed E-state index contributed by atoms with van der Waals surface area (Å²) in [6.07, 6.45) is -1.12. The third-order valence-corrected chi connectivity index (χ3v) is 5.47. The Labute approximate surface area is 197 Å². The van der Waals surface area contributed by atoms with E-state index in [1.807, 2.05) is 0 Å². The molecule has 0 atom stereocenters. The molecular formula is C20H14F5N5O6. The molecule has 16 heteroatoms. The van der Waals surface area contributed by atoms with Crippen LogP contribution >= 0.6 is 0 Å². The van der Waals surface area contributed by atoms with Crippen molar-refractivity contribution in [2.24, 2.45) is 0 Å². The second-order valence-corrected chi connectivity index (χ2v) is 7.56. The molecule has 1 aromatic heterocycles. The average molecular weight is 515 g/mol. The summed E-state index contributed by atoms with van der Waals surface area (Å²) < 4.78 is 75.7. The van der Waals surface area contributed by atoms with Crippen LogP contribution in [0, 0.1) is 39.2 Å². The molecule has 3 aromatic rings. The van der Waals surface area contributed by atoms with E-state index in [1.54, 1.807) is 4.90 Å². The van der Waals surface area contributed by atoms with Gasteiger partial charge in [0.05, 0.1) is 17.0 Å². The third kappa shape index (κ3) is 4.48. The molecule has 0 unspecified atom stereocenters. The number of aromatic nitrogens is 2. The first kappa shape index (κ1) is 24.7. The summed E-state index contributed by atoms with van der Waals surface area (Å²) in [6.45, 7) is 0.964. The van der Waals surface area contributed by atoms with Crippen LogP contribution in [0.15, 0.2) is 16.8 Å². The van der Waals surface area contributed by atoms with E-state index in [0.717, 1.165) is 0 Å². The van der Waals surface area contributed by atoms with Gasteiger partial charge in [-0.05, 0) is 16.4 Å². The first-order chi connectivity index (χ1) is 17.1. The summed E-state index contributed by atoms with van der Waals surface area (Å²) in [4.78, 5) is 38.0. The zero-order chi connectivity index (χ0) is 26.1. The molecular weight excluding hydrogens is 501 g/mol. The Kier molecular flexibility index (Phi) is 6.67. The fourth-order valence-corrected chi connectivity index (χ4v) is 3.65. The van der Waals surface area contributed by atoms with Gasteiger partial charge in [0, 0.05) is 38.7 Å². The molecule has 1 aliphatic heterocycles. The second kappa shape index (κ2) is 9.71. The maximum absolute atomic E-state index is 13.6. The summed E-state index contributed by atoms with van der Waals surface area (Å²) in [5.41, 5.74) is 0.389. The fraction of sp³-hybridized carbons (Fsp3) is 0.300. The number of piperazine rings is 1. The number of carbonyl (C=O) groups is 2. The van der Waals surface area contributed by atoms with Gasteiger partial charge < -0.3 is 14.5 Å². The third-order valence-electron chi connectivity index (χ3n) is 5.47. The minimum atomic E-state index is -2.40. The predicted octanol–water partition coefficient (Wildman–Crippen LogP) is 2.86. The van der Waals surface area contributed by atoms with Crippen LogP contribution in [-0.4, -0.2) is 58.2 Å². The molecule has 4 rings (SSSR count). The fourth-order valence-electron chi connectivity index (χ4n) is 3.65. The number of halogens is 5. The SMILES string of the molecule is O=C(CCC(=O)N1CCN(c2ccc([N+](=O)[O-])c3nonc23)CC1)Oc1c(F)c(F)c(F)c(F)c1F. The molecule has 0 saturated carbocycles. The van der Waals surface area contributed by atoms with Gasteiger partial charge in [-0.3, -0.25) is 19.7 Å². The van der Waals surface area contributed by atoms with E-state index in [2.05, 4.69) is 19.7 Å². The van der Waals surface area contributed by atoms with Gasteiger partial charge in [0.15, 0.2) is 5.52 Å². The molecule has 0 spiro atoms. The molecule has 36 heavy (non-hydrogen) atoms. The smallest absolute Gasteiger partial charge is 0.311 e. The van der Waals surface area contributed by atoms with E-state index in [9.17, 15) is 41.7 Å². The number of fused-ring (bicyclic) bond motifs is 1. The Morgan fingerprint density at radius 1 is 0.917 bits per heavy atom. The number of nitro benzene ring substituents is 1. The molecule has 2 heterocycles. The highest BCUT2D eigenvalue weighted by molar-refractivity contribution is 5.94. The van der Waals surface area contributed by atoms with Crippen molar-refractivity contribution in [3.8, 4) is 5.75 Å². The molecule has 0 N–H and O–H groups in total. The molecule has 0 bridgehead atoms. The van der Waals surface area contributed by atoms with E-state index in [1.165, 1.54) is 17.0 Å². The van der Waals surface area contributed by atoms with Crippen molar-refractivity contribution in [3.63, 3.8) is 0 Å². The number of anilines is 1. The molecule has 1 fully saturated rings. The monoisotopic (exact) mass is 515 g/mol. The van der Waals surface area contributed by atoms with Crippen molar-refractivity contribution in [1.29, 1.82) is 0 Å². The van der Waals surface area contributed by atoms with Crippen LogP contribution in [0.4, 0.5) is 33.3 Å². The van der Waals surface area contributed by atoms with Crippen LogP contribution < -0.4 is 9.64 Å². The van der Waals surface area contributed by atoms with Crippen molar-refractivity contribution in [2.75, 3.05) is 31.1 Å². The number of ether oxygens (including phenoxy) is 1. The minimum Gasteiger partial charge on any atom is -0.420 e. The van der Waals surface area contributed by atoms with E-state index in [4.69, 9.17) is 0 Å². The number of carbonyl (C=O) groups excluding carboxylic acids is 2. The van der Waals surface area contributed by atoms with Crippen molar-refractivity contribution < 1.29 is 45.8 Å². The zero-order valence-electron chi connectivity index (χ0n) is 18.0. The normalized spacial score (nSPS) is 13.8. The number of esters is 1. The van der Waals surface area contributed by atoms with Gasteiger partial charge in [0.25, 0.3) is 0 Å². The molecule has 1 saturated heterocycles. The van der Waals surface area contributed by atoms with Gasteiger partial charge in [-0.1, -0.05) is 0 Å². The van der Waals surface area contributed by atoms with Gasteiger partial charge in [0.1, 0.15) is 0 Å². The number of hydrogen-bond acceptors (Lipinski definition) is 9.